The Hall–Kier alpha value is -3.15. The Labute approximate surface area is 125 Å². The molecule has 0 aliphatic carbocycles. The second-order valence-electron chi connectivity index (χ2n) is 4.72. The van der Waals surface area contributed by atoms with Gasteiger partial charge >= 0.3 is 0 Å². The lowest BCUT2D eigenvalue weighted by atomic mass is 10.1. The topological polar surface area (TPSA) is 78.1 Å². The van der Waals surface area contributed by atoms with E-state index in [9.17, 15) is 0 Å². The molecule has 0 saturated heterocycles. The first kappa shape index (κ1) is 12.6. The van der Waals surface area contributed by atoms with Gasteiger partial charge in [0.25, 0.3) is 11.8 Å². The van der Waals surface area contributed by atoms with Gasteiger partial charge in [0, 0.05) is 5.56 Å². The molecule has 0 atom stereocenters. The van der Waals surface area contributed by atoms with Gasteiger partial charge in [0.1, 0.15) is 17.0 Å². The molecule has 3 aromatic heterocycles. The van der Waals surface area contributed by atoms with Crippen LogP contribution in [-0.2, 0) is 0 Å². The number of rotatable bonds is 3. The molecular formula is C16H11N3O3. The largest absolute Gasteiger partial charge is 0.459 e. The van der Waals surface area contributed by atoms with Gasteiger partial charge < -0.3 is 13.4 Å². The highest BCUT2D eigenvalue weighted by Gasteiger charge is 2.22. The van der Waals surface area contributed by atoms with Crippen LogP contribution >= 0.6 is 0 Å². The van der Waals surface area contributed by atoms with Crippen LogP contribution in [0.5, 0.6) is 0 Å². The van der Waals surface area contributed by atoms with Gasteiger partial charge in [0.05, 0.1) is 6.26 Å². The van der Waals surface area contributed by atoms with Gasteiger partial charge in [-0.05, 0) is 19.1 Å². The Morgan fingerprint density at radius 3 is 2.50 bits per heavy atom. The second kappa shape index (κ2) is 5.00. The van der Waals surface area contributed by atoms with E-state index in [4.69, 9.17) is 13.4 Å². The van der Waals surface area contributed by atoms with E-state index in [-0.39, 0.29) is 0 Å². The zero-order chi connectivity index (χ0) is 14.9. The van der Waals surface area contributed by atoms with Crippen molar-refractivity contribution in [1.29, 1.82) is 0 Å². The summed E-state index contributed by atoms with van der Waals surface area (Å²) in [6.45, 7) is 1.81. The number of aryl methyl sites for hydroxylation is 1. The lowest BCUT2D eigenvalue weighted by Gasteiger charge is -1.97. The number of hydrogen-bond acceptors (Lipinski definition) is 6. The average Bonchev–Trinajstić information content (AvgIpc) is 3.27. The lowest BCUT2D eigenvalue weighted by Crippen LogP contribution is -1.84. The molecule has 0 aliphatic rings. The molecule has 22 heavy (non-hydrogen) atoms. The van der Waals surface area contributed by atoms with Crippen molar-refractivity contribution in [1.82, 2.24) is 15.4 Å². The summed E-state index contributed by atoms with van der Waals surface area (Å²) in [5.41, 5.74) is 2.29. The van der Waals surface area contributed by atoms with Crippen molar-refractivity contribution in [3.8, 4) is 34.4 Å². The highest BCUT2D eigenvalue weighted by atomic mass is 16.5. The van der Waals surface area contributed by atoms with Gasteiger partial charge in [-0.15, -0.1) is 10.2 Å². The van der Waals surface area contributed by atoms with E-state index in [1.165, 1.54) is 0 Å². The van der Waals surface area contributed by atoms with Crippen molar-refractivity contribution < 1.29 is 13.4 Å². The summed E-state index contributed by atoms with van der Waals surface area (Å²) in [5.74, 6) is 1.81. The number of aromatic nitrogens is 3. The van der Waals surface area contributed by atoms with Crippen molar-refractivity contribution in [3.05, 3.63) is 54.5 Å². The molecule has 0 bridgehead atoms. The molecule has 3 heterocycles. The normalized spacial score (nSPS) is 11.0. The Bertz CT molecular complexity index is 892. The van der Waals surface area contributed by atoms with Crippen molar-refractivity contribution in [2.45, 2.75) is 6.92 Å². The van der Waals surface area contributed by atoms with Crippen molar-refractivity contribution in [2.24, 2.45) is 0 Å². The van der Waals surface area contributed by atoms with Crippen LogP contribution in [0.25, 0.3) is 34.4 Å². The van der Waals surface area contributed by atoms with Gasteiger partial charge in [0.15, 0.2) is 5.76 Å². The maximum Gasteiger partial charge on any atom is 0.283 e. The molecule has 0 spiro atoms. The van der Waals surface area contributed by atoms with Gasteiger partial charge in [-0.25, -0.2) is 0 Å². The quantitative estimate of drug-likeness (QED) is 0.569. The van der Waals surface area contributed by atoms with Gasteiger partial charge in [-0.1, -0.05) is 35.5 Å². The second-order valence-corrected chi connectivity index (χ2v) is 4.72. The fourth-order valence-electron chi connectivity index (χ4n) is 2.24. The average molecular weight is 293 g/mol. The number of hydrogen-bond donors (Lipinski definition) is 0. The summed E-state index contributed by atoms with van der Waals surface area (Å²) in [5, 5.41) is 12.2. The molecule has 4 rings (SSSR count). The molecule has 0 saturated carbocycles. The van der Waals surface area contributed by atoms with Crippen LogP contribution < -0.4 is 0 Å². The van der Waals surface area contributed by atoms with Gasteiger partial charge in [-0.2, -0.15) is 0 Å². The Morgan fingerprint density at radius 1 is 0.909 bits per heavy atom. The molecule has 0 fully saturated rings. The van der Waals surface area contributed by atoms with Crippen LogP contribution in [0.2, 0.25) is 0 Å². The predicted molar refractivity (Wildman–Crippen MR) is 77.7 cm³/mol. The monoisotopic (exact) mass is 293 g/mol. The van der Waals surface area contributed by atoms with Crippen molar-refractivity contribution in [2.75, 3.05) is 0 Å². The van der Waals surface area contributed by atoms with E-state index in [0.29, 0.717) is 34.6 Å². The van der Waals surface area contributed by atoms with Crippen LogP contribution in [0.4, 0.5) is 0 Å². The van der Waals surface area contributed by atoms with Crippen LogP contribution in [0.1, 0.15) is 5.76 Å². The highest BCUT2D eigenvalue weighted by molar-refractivity contribution is 5.77. The molecular weight excluding hydrogens is 282 g/mol. The minimum atomic E-state index is 0.319. The lowest BCUT2D eigenvalue weighted by molar-refractivity contribution is 0.399. The smallest absolute Gasteiger partial charge is 0.283 e. The first-order valence-electron chi connectivity index (χ1n) is 6.72. The molecule has 6 heteroatoms. The third-order valence-corrected chi connectivity index (χ3v) is 3.28. The van der Waals surface area contributed by atoms with Crippen molar-refractivity contribution >= 4 is 0 Å². The van der Waals surface area contributed by atoms with Crippen molar-refractivity contribution in [3.63, 3.8) is 0 Å². The summed E-state index contributed by atoms with van der Waals surface area (Å²) < 4.78 is 16.3. The maximum atomic E-state index is 5.70. The fraction of sp³-hybridized carbons (Fsp3) is 0.0625. The van der Waals surface area contributed by atoms with E-state index in [2.05, 4.69) is 15.4 Å². The summed E-state index contributed by atoms with van der Waals surface area (Å²) >= 11 is 0. The Balaban J connectivity index is 1.82. The van der Waals surface area contributed by atoms with E-state index < -0.39 is 0 Å². The minimum absolute atomic E-state index is 0.319. The molecule has 0 radical (unpaired) electrons. The fourth-order valence-corrected chi connectivity index (χ4v) is 2.24. The van der Waals surface area contributed by atoms with E-state index in [1.807, 2.05) is 37.3 Å². The first-order valence-corrected chi connectivity index (χ1v) is 6.72. The number of nitrogens with zero attached hydrogens (tertiary/aromatic N) is 3. The molecule has 1 aromatic carbocycles. The number of benzene rings is 1. The minimum Gasteiger partial charge on any atom is -0.459 e. The molecule has 0 unspecified atom stereocenters. The summed E-state index contributed by atoms with van der Waals surface area (Å²) in [6.07, 6.45) is 1.55. The number of furan rings is 1. The van der Waals surface area contributed by atoms with Gasteiger partial charge in [-0.3, -0.25) is 0 Å². The van der Waals surface area contributed by atoms with E-state index >= 15 is 0 Å². The summed E-state index contributed by atoms with van der Waals surface area (Å²) in [4.78, 5) is 0. The molecule has 4 aromatic rings. The summed E-state index contributed by atoms with van der Waals surface area (Å²) in [6, 6.07) is 13.2. The van der Waals surface area contributed by atoms with Crippen LogP contribution in [0, 0.1) is 6.92 Å². The van der Waals surface area contributed by atoms with E-state index in [1.54, 1.807) is 18.4 Å². The zero-order valence-corrected chi connectivity index (χ0v) is 11.7. The maximum absolute atomic E-state index is 5.70. The predicted octanol–water partition coefficient (Wildman–Crippen LogP) is 3.96. The van der Waals surface area contributed by atoms with Crippen LogP contribution in [0.15, 0.2) is 62.1 Å². The summed E-state index contributed by atoms with van der Waals surface area (Å²) in [7, 11) is 0. The third-order valence-electron chi connectivity index (χ3n) is 3.28. The first-order chi connectivity index (χ1) is 10.8. The highest BCUT2D eigenvalue weighted by Crippen LogP contribution is 2.34. The Morgan fingerprint density at radius 2 is 1.73 bits per heavy atom. The van der Waals surface area contributed by atoms with Gasteiger partial charge in [0.2, 0.25) is 0 Å². The molecule has 0 N–H and O–H groups in total. The molecule has 108 valence electrons. The standard InChI is InChI=1S/C16H11N3O3/c1-10-13(14(19-22-10)11-6-3-2-4-7-11)16-18-17-15(21-16)12-8-5-9-20-12/h2-9H,1H3. The molecule has 0 amide bonds. The van der Waals surface area contributed by atoms with Crippen LogP contribution in [0.3, 0.4) is 0 Å². The third kappa shape index (κ3) is 2.01. The Kier molecular flexibility index (Phi) is 2.86. The zero-order valence-electron chi connectivity index (χ0n) is 11.7. The van der Waals surface area contributed by atoms with E-state index in [0.717, 1.165) is 5.56 Å². The molecule has 6 nitrogen and oxygen atoms in total. The SMILES string of the molecule is Cc1onc(-c2ccccc2)c1-c1nnc(-c2ccco2)o1. The van der Waals surface area contributed by atoms with Crippen LogP contribution in [-0.4, -0.2) is 15.4 Å². The molecule has 0 aliphatic heterocycles.